The van der Waals surface area contributed by atoms with Crippen molar-refractivity contribution in [2.24, 2.45) is 5.92 Å². The highest BCUT2D eigenvalue weighted by Gasteiger charge is 2.27. The molecule has 164 valence electrons. The Labute approximate surface area is 178 Å². The minimum Gasteiger partial charge on any atom is -0.459 e. The standard InChI is InChI=1S/C23H33N3O4/c1-23(2,3)30-21(28)15-26-11-9-16(10-12-26)17-5-4-6-19(13-17)24-14-18-7-8-20(27)25-22(18)29/h4-6,13,16,18,24H,7-12,14-15H2,1-3H3,(H,25,27,29)/t18-/m0/s1. The summed E-state index contributed by atoms with van der Waals surface area (Å²) in [5, 5.41) is 5.76. The second-order valence-corrected chi connectivity index (χ2v) is 9.29. The second-order valence-electron chi connectivity index (χ2n) is 9.29. The van der Waals surface area contributed by atoms with E-state index in [2.05, 4.69) is 27.7 Å². The van der Waals surface area contributed by atoms with Gasteiger partial charge in [0.05, 0.1) is 12.5 Å². The Morgan fingerprint density at radius 3 is 2.60 bits per heavy atom. The van der Waals surface area contributed by atoms with E-state index in [0.29, 0.717) is 31.8 Å². The minimum absolute atomic E-state index is 0.166. The lowest BCUT2D eigenvalue weighted by atomic mass is 9.89. The fourth-order valence-electron chi connectivity index (χ4n) is 4.06. The number of carbonyl (C=O) groups excluding carboxylic acids is 3. The monoisotopic (exact) mass is 415 g/mol. The Kier molecular flexibility index (Phi) is 7.13. The third-order valence-electron chi connectivity index (χ3n) is 5.62. The molecule has 2 saturated heterocycles. The Hall–Kier alpha value is -2.41. The Balaban J connectivity index is 1.48. The van der Waals surface area contributed by atoms with Gasteiger partial charge in [0.2, 0.25) is 11.8 Å². The highest BCUT2D eigenvalue weighted by molar-refractivity contribution is 5.98. The van der Waals surface area contributed by atoms with Crippen molar-refractivity contribution in [3.8, 4) is 0 Å². The van der Waals surface area contributed by atoms with Crippen molar-refractivity contribution in [2.45, 2.75) is 58.0 Å². The first-order valence-electron chi connectivity index (χ1n) is 10.8. The number of ether oxygens (including phenoxy) is 1. The summed E-state index contributed by atoms with van der Waals surface area (Å²) in [6.07, 6.45) is 2.99. The fourth-order valence-corrected chi connectivity index (χ4v) is 4.06. The number of nitrogens with one attached hydrogen (secondary N) is 2. The zero-order valence-electron chi connectivity index (χ0n) is 18.2. The molecule has 0 unspecified atom stereocenters. The van der Waals surface area contributed by atoms with E-state index in [1.807, 2.05) is 32.9 Å². The highest BCUT2D eigenvalue weighted by Crippen LogP contribution is 2.29. The van der Waals surface area contributed by atoms with E-state index in [4.69, 9.17) is 4.74 Å². The molecule has 2 N–H and O–H groups in total. The number of benzene rings is 1. The number of nitrogens with zero attached hydrogens (tertiary/aromatic N) is 1. The van der Waals surface area contributed by atoms with Gasteiger partial charge in [-0.3, -0.25) is 24.6 Å². The minimum atomic E-state index is -0.448. The Bertz CT molecular complexity index is 779. The maximum absolute atomic E-state index is 12.0. The molecule has 1 aromatic carbocycles. The number of amides is 2. The number of imide groups is 1. The van der Waals surface area contributed by atoms with Crippen LogP contribution in [0, 0.1) is 5.92 Å². The largest absolute Gasteiger partial charge is 0.459 e. The summed E-state index contributed by atoms with van der Waals surface area (Å²) >= 11 is 0. The van der Waals surface area contributed by atoms with Crippen molar-refractivity contribution in [2.75, 3.05) is 31.5 Å². The second kappa shape index (κ2) is 9.60. The molecule has 2 amide bonds. The molecule has 0 saturated carbocycles. The van der Waals surface area contributed by atoms with Gasteiger partial charge in [0, 0.05) is 18.7 Å². The first kappa shape index (κ1) is 22.3. The summed E-state index contributed by atoms with van der Waals surface area (Å²) in [6, 6.07) is 8.34. The molecule has 0 aromatic heterocycles. The van der Waals surface area contributed by atoms with Gasteiger partial charge < -0.3 is 10.1 Å². The molecule has 2 aliphatic heterocycles. The molecule has 2 aliphatic rings. The van der Waals surface area contributed by atoms with Gasteiger partial charge in [0.1, 0.15) is 5.60 Å². The van der Waals surface area contributed by atoms with E-state index in [9.17, 15) is 14.4 Å². The molecule has 1 aromatic rings. The molecule has 7 nitrogen and oxygen atoms in total. The summed E-state index contributed by atoms with van der Waals surface area (Å²) in [7, 11) is 0. The molecule has 0 bridgehead atoms. The van der Waals surface area contributed by atoms with Crippen LogP contribution in [0.2, 0.25) is 0 Å². The van der Waals surface area contributed by atoms with Crippen LogP contribution in [-0.2, 0) is 19.1 Å². The van der Waals surface area contributed by atoms with Gasteiger partial charge >= 0.3 is 5.97 Å². The van der Waals surface area contributed by atoms with Crippen molar-refractivity contribution >= 4 is 23.5 Å². The average molecular weight is 416 g/mol. The number of likely N-dealkylation sites (tertiary alicyclic amines) is 1. The molecule has 1 atom stereocenters. The van der Waals surface area contributed by atoms with Crippen LogP contribution < -0.4 is 10.6 Å². The maximum Gasteiger partial charge on any atom is 0.320 e. The quantitative estimate of drug-likeness (QED) is 0.549. The van der Waals surface area contributed by atoms with E-state index >= 15 is 0 Å². The summed E-state index contributed by atoms with van der Waals surface area (Å²) in [6.45, 7) is 8.28. The van der Waals surface area contributed by atoms with Crippen LogP contribution in [0.1, 0.15) is 57.9 Å². The third kappa shape index (κ3) is 6.55. The van der Waals surface area contributed by atoms with Crippen molar-refractivity contribution in [1.29, 1.82) is 0 Å². The smallest absolute Gasteiger partial charge is 0.320 e. The predicted octanol–water partition coefficient (Wildman–Crippen LogP) is 2.67. The lowest BCUT2D eigenvalue weighted by molar-refractivity contribution is -0.156. The molecular formula is C23H33N3O4. The number of rotatable bonds is 6. The van der Waals surface area contributed by atoms with Crippen LogP contribution in [0.4, 0.5) is 5.69 Å². The van der Waals surface area contributed by atoms with E-state index in [1.165, 1.54) is 5.56 Å². The molecule has 7 heteroatoms. The van der Waals surface area contributed by atoms with E-state index < -0.39 is 5.60 Å². The van der Waals surface area contributed by atoms with E-state index in [0.717, 1.165) is 31.6 Å². The average Bonchev–Trinajstić information content (AvgIpc) is 2.66. The zero-order chi connectivity index (χ0) is 21.7. The first-order valence-corrected chi connectivity index (χ1v) is 10.8. The van der Waals surface area contributed by atoms with Gasteiger partial charge in [0.15, 0.2) is 0 Å². The van der Waals surface area contributed by atoms with Crippen LogP contribution in [0.3, 0.4) is 0 Å². The zero-order valence-corrected chi connectivity index (χ0v) is 18.2. The van der Waals surface area contributed by atoms with Crippen LogP contribution in [0.25, 0.3) is 0 Å². The van der Waals surface area contributed by atoms with Gasteiger partial charge in [-0.1, -0.05) is 12.1 Å². The molecule has 0 spiro atoms. The highest BCUT2D eigenvalue weighted by atomic mass is 16.6. The van der Waals surface area contributed by atoms with Crippen molar-refractivity contribution in [1.82, 2.24) is 10.2 Å². The summed E-state index contributed by atoms with van der Waals surface area (Å²) in [5.41, 5.74) is 1.82. The van der Waals surface area contributed by atoms with Gasteiger partial charge in [-0.25, -0.2) is 0 Å². The molecule has 30 heavy (non-hydrogen) atoms. The Morgan fingerprint density at radius 2 is 1.93 bits per heavy atom. The summed E-state index contributed by atoms with van der Waals surface area (Å²) in [5.74, 6) is -0.260. The number of esters is 1. The molecular weight excluding hydrogens is 382 g/mol. The number of hydrogen-bond donors (Lipinski definition) is 2. The number of carbonyl (C=O) groups is 3. The number of hydrogen-bond acceptors (Lipinski definition) is 6. The van der Waals surface area contributed by atoms with Crippen molar-refractivity contribution in [3.63, 3.8) is 0 Å². The van der Waals surface area contributed by atoms with Gasteiger partial charge in [-0.05, 0) is 76.7 Å². The first-order chi connectivity index (χ1) is 14.2. The molecule has 2 heterocycles. The van der Waals surface area contributed by atoms with Gasteiger partial charge in [0.25, 0.3) is 0 Å². The summed E-state index contributed by atoms with van der Waals surface area (Å²) < 4.78 is 5.42. The lowest BCUT2D eigenvalue weighted by Crippen LogP contribution is -2.43. The topological polar surface area (TPSA) is 87.7 Å². The molecule has 0 aliphatic carbocycles. The predicted molar refractivity (Wildman–Crippen MR) is 115 cm³/mol. The van der Waals surface area contributed by atoms with Crippen LogP contribution >= 0.6 is 0 Å². The lowest BCUT2D eigenvalue weighted by Gasteiger charge is -2.32. The van der Waals surface area contributed by atoms with Gasteiger partial charge in [-0.2, -0.15) is 0 Å². The SMILES string of the molecule is CC(C)(C)OC(=O)CN1CCC(c2cccc(NC[C@@H]3CCC(=O)NC3=O)c2)CC1. The summed E-state index contributed by atoms with van der Waals surface area (Å²) in [4.78, 5) is 37.4. The van der Waals surface area contributed by atoms with Crippen LogP contribution in [0.5, 0.6) is 0 Å². The van der Waals surface area contributed by atoms with Crippen molar-refractivity contribution in [3.05, 3.63) is 29.8 Å². The molecule has 3 rings (SSSR count). The molecule has 2 fully saturated rings. The van der Waals surface area contributed by atoms with E-state index in [1.54, 1.807) is 0 Å². The third-order valence-corrected chi connectivity index (χ3v) is 5.62. The molecule has 0 radical (unpaired) electrons. The van der Waals surface area contributed by atoms with Gasteiger partial charge in [-0.15, -0.1) is 0 Å². The normalized spacial score (nSPS) is 21.2. The number of piperidine rings is 2. The van der Waals surface area contributed by atoms with Crippen LogP contribution in [0.15, 0.2) is 24.3 Å². The van der Waals surface area contributed by atoms with E-state index in [-0.39, 0.29) is 23.7 Å². The number of anilines is 1. The Morgan fingerprint density at radius 1 is 1.20 bits per heavy atom. The fraction of sp³-hybridized carbons (Fsp3) is 0.609. The maximum atomic E-state index is 12.0. The van der Waals surface area contributed by atoms with Crippen LogP contribution in [-0.4, -0.2) is 54.5 Å². The van der Waals surface area contributed by atoms with Crippen molar-refractivity contribution < 1.29 is 19.1 Å².